The molecule has 0 radical (unpaired) electrons. The van der Waals surface area contributed by atoms with Crippen LogP contribution < -0.4 is 15.0 Å². The lowest BCUT2D eigenvalue weighted by Crippen LogP contribution is -2.53. The highest BCUT2D eigenvalue weighted by atomic mass is 16.5. The lowest BCUT2D eigenvalue weighted by atomic mass is 9.82. The number of likely N-dealkylation sites (tertiary alicyclic amines) is 1. The summed E-state index contributed by atoms with van der Waals surface area (Å²) in [7, 11) is 4.01. The summed E-state index contributed by atoms with van der Waals surface area (Å²) in [6, 6.07) is 10.6. The van der Waals surface area contributed by atoms with Gasteiger partial charge in [0.05, 0.1) is 6.04 Å². The summed E-state index contributed by atoms with van der Waals surface area (Å²) in [6.45, 7) is 6.81. The third-order valence-electron chi connectivity index (χ3n) is 6.68. The first-order valence-corrected chi connectivity index (χ1v) is 11.0. The number of aromatic nitrogens is 1. The van der Waals surface area contributed by atoms with Gasteiger partial charge < -0.3 is 18.9 Å². The third-order valence-corrected chi connectivity index (χ3v) is 6.68. The van der Waals surface area contributed by atoms with Gasteiger partial charge >= 0.3 is 0 Å². The molecule has 0 amide bonds. The van der Waals surface area contributed by atoms with Gasteiger partial charge in [0.25, 0.3) is 5.56 Å². The SMILES string of the molecule is Cc1ccc2c(c1)OCC(N1C[C@@H]3C[C@H](C1)c1ccc(CN(C)C)c(=O)n1C3)CO2. The number of hydrogen-bond acceptors (Lipinski definition) is 5. The van der Waals surface area contributed by atoms with Gasteiger partial charge in [-0.25, -0.2) is 0 Å². The number of ether oxygens (including phenoxy) is 2. The van der Waals surface area contributed by atoms with Crippen molar-refractivity contribution in [3.63, 3.8) is 0 Å². The Kier molecular flexibility index (Phi) is 5.07. The molecule has 3 aliphatic rings. The molecule has 6 nitrogen and oxygen atoms in total. The molecule has 4 heterocycles. The van der Waals surface area contributed by atoms with Crippen LogP contribution >= 0.6 is 0 Å². The molecule has 6 heteroatoms. The summed E-state index contributed by atoms with van der Waals surface area (Å²) in [5, 5.41) is 0. The summed E-state index contributed by atoms with van der Waals surface area (Å²) < 4.78 is 14.3. The molecule has 1 aromatic carbocycles. The van der Waals surface area contributed by atoms with E-state index in [-0.39, 0.29) is 11.6 Å². The van der Waals surface area contributed by atoms with Gasteiger partial charge in [-0.3, -0.25) is 9.69 Å². The number of pyridine rings is 1. The zero-order valence-corrected chi connectivity index (χ0v) is 18.1. The average Bonchev–Trinajstić information content (AvgIpc) is 2.92. The number of benzene rings is 1. The topological polar surface area (TPSA) is 46.9 Å². The Labute approximate surface area is 178 Å². The fourth-order valence-electron chi connectivity index (χ4n) is 5.27. The normalized spacial score (nSPS) is 25.7. The minimum atomic E-state index is 0.191. The van der Waals surface area contributed by atoms with Crippen molar-refractivity contribution in [2.45, 2.75) is 38.4 Å². The van der Waals surface area contributed by atoms with E-state index < -0.39 is 0 Å². The molecule has 3 atom stereocenters. The molecule has 1 fully saturated rings. The molecule has 160 valence electrons. The molecule has 2 bridgehead atoms. The maximum Gasteiger partial charge on any atom is 0.255 e. The van der Waals surface area contributed by atoms with Crippen molar-refractivity contribution in [2.75, 3.05) is 40.4 Å². The van der Waals surface area contributed by atoms with E-state index in [1.54, 1.807) is 0 Å². The number of hydrogen-bond donors (Lipinski definition) is 0. The van der Waals surface area contributed by atoms with Crippen LogP contribution in [0.25, 0.3) is 0 Å². The fourth-order valence-corrected chi connectivity index (χ4v) is 5.27. The maximum absolute atomic E-state index is 13.0. The second-order valence-electron chi connectivity index (χ2n) is 9.42. The van der Waals surface area contributed by atoms with Crippen molar-refractivity contribution in [1.29, 1.82) is 0 Å². The number of nitrogens with zero attached hydrogens (tertiary/aromatic N) is 3. The van der Waals surface area contributed by atoms with Crippen LogP contribution in [-0.2, 0) is 13.1 Å². The Hall–Kier alpha value is -2.31. The highest BCUT2D eigenvalue weighted by Crippen LogP contribution is 2.37. The minimum absolute atomic E-state index is 0.191. The molecule has 1 unspecified atom stereocenters. The van der Waals surface area contributed by atoms with E-state index in [1.165, 1.54) is 11.3 Å². The molecule has 1 aromatic heterocycles. The zero-order valence-electron chi connectivity index (χ0n) is 18.1. The van der Waals surface area contributed by atoms with Crippen molar-refractivity contribution in [3.8, 4) is 11.5 Å². The van der Waals surface area contributed by atoms with Crippen LogP contribution in [0, 0.1) is 12.8 Å². The van der Waals surface area contributed by atoms with E-state index in [0.717, 1.165) is 43.1 Å². The largest absolute Gasteiger partial charge is 0.488 e. The molecule has 5 rings (SSSR count). The van der Waals surface area contributed by atoms with Gasteiger partial charge in [0.1, 0.15) is 13.2 Å². The van der Waals surface area contributed by atoms with Gasteiger partial charge in [-0.15, -0.1) is 0 Å². The van der Waals surface area contributed by atoms with Gasteiger partial charge in [0.15, 0.2) is 11.5 Å². The zero-order chi connectivity index (χ0) is 20.8. The summed E-state index contributed by atoms with van der Waals surface area (Å²) in [6.07, 6.45) is 1.16. The Morgan fingerprint density at radius 2 is 1.83 bits per heavy atom. The van der Waals surface area contributed by atoms with Crippen LogP contribution in [0.3, 0.4) is 0 Å². The fraction of sp³-hybridized carbons (Fsp3) is 0.542. The van der Waals surface area contributed by atoms with E-state index in [0.29, 0.717) is 31.6 Å². The lowest BCUT2D eigenvalue weighted by molar-refractivity contribution is 0.0441. The first-order valence-electron chi connectivity index (χ1n) is 11.0. The molecule has 30 heavy (non-hydrogen) atoms. The smallest absolute Gasteiger partial charge is 0.255 e. The summed E-state index contributed by atoms with van der Waals surface area (Å²) in [5.74, 6) is 2.58. The predicted molar refractivity (Wildman–Crippen MR) is 116 cm³/mol. The highest BCUT2D eigenvalue weighted by molar-refractivity contribution is 5.43. The first-order chi connectivity index (χ1) is 14.5. The Bertz CT molecular complexity index is 1000. The molecule has 2 aromatic rings. The van der Waals surface area contributed by atoms with E-state index in [2.05, 4.69) is 34.9 Å². The van der Waals surface area contributed by atoms with Crippen molar-refractivity contribution in [2.24, 2.45) is 5.92 Å². The van der Waals surface area contributed by atoms with Crippen LogP contribution in [0.4, 0.5) is 0 Å². The molecule has 0 aliphatic carbocycles. The van der Waals surface area contributed by atoms with Crippen molar-refractivity contribution >= 4 is 0 Å². The van der Waals surface area contributed by atoms with Crippen LogP contribution in [0.2, 0.25) is 0 Å². The van der Waals surface area contributed by atoms with Crippen LogP contribution in [0.15, 0.2) is 35.1 Å². The quantitative estimate of drug-likeness (QED) is 0.780. The lowest BCUT2D eigenvalue weighted by Gasteiger charge is -2.45. The molecular formula is C24H31N3O3. The van der Waals surface area contributed by atoms with Gasteiger partial charge in [-0.05, 0) is 57.1 Å². The molecule has 1 saturated heterocycles. The summed E-state index contributed by atoms with van der Waals surface area (Å²) in [4.78, 5) is 17.6. The van der Waals surface area contributed by atoms with Crippen LogP contribution in [0.1, 0.15) is 29.2 Å². The van der Waals surface area contributed by atoms with Gasteiger partial charge in [-0.2, -0.15) is 0 Å². The Morgan fingerprint density at radius 1 is 1.03 bits per heavy atom. The monoisotopic (exact) mass is 409 g/mol. The second kappa shape index (κ2) is 7.75. The van der Waals surface area contributed by atoms with Gasteiger partial charge in [-0.1, -0.05) is 12.1 Å². The summed E-state index contributed by atoms with van der Waals surface area (Å²) in [5.41, 5.74) is 3.45. The van der Waals surface area contributed by atoms with Crippen molar-refractivity contribution in [1.82, 2.24) is 14.4 Å². The Balaban J connectivity index is 1.34. The average molecular weight is 410 g/mol. The van der Waals surface area contributed by atoms with Crippen LogP contribution in [-0.4, -0.2) is 60.8 Å². The molecular weight excluding hydrogens is 378 g/mol. The van der Waals surface area contributed by atoms with E-state index >= 15 is 0 Å². The number of piperidine rings is 1. The first kappa shape index (κ1) is 19.6. The highest BCUT2D eigenvalue weighted by Gasteiger charge is 2.38. The van der Waals surface area contributed by atoms with Crippen molar-refractivity contribution in [3.05, 3.63) is 57.5 Å². The number of rotatable bonds is 3. The molecule has 3 aliphatic heterocycles. The van der Waals surface area contributed by atoms with Crippen LogP contribution in [0.5, 0.6) is 11.5 Å². The standard InChI is InChI=1S/C24H31N3O3/c1-16-4-7-22-23(8-16)30-15-20(14-29-22)26-10-17-9-19(13-26)21-6-5-18(12-25(2)3)24(28)27(21)11-17/h4-8,17,19-20H,9-15H2,1-3H3/t17-,19+,20?/m0/s1. The second-order valence-corrected chi connectivity index (χ2v) is 9.42. The van der Waals surface area contributed by atoms with E-state index in [4.69, 9.17) is 9.47 Å². The molecule has 0 spiro atoms. The van der Waals surface area contributed by atoms with Crippen molar-refractivity contribution < 1.29 is 9.47 Å². The number of fused-ring (bicyclic) bond motifs is 5. The molecule has 0 saturated carbocycles. The number of aryl methyl sites for hydroxylation is 1. The predicted octanol–water partition coefficient (Wildman–Crippen LogP) is 2.48. The maximum atomic E-state index is 13.0. The van der Waals surface area contributed by atoms with Gasteiger partial charge in [0.2, 0.25) is 0 Å². The Morgan fingerprint density at radius 3 is 2.63 bits per heavy atom. The molecule has 0 N–H and O–H groups in total. The van der Waals surface area contributed by atoms with Gasteiger partial charge in [0, 0.05) is 43.4 Å². The van der Waals surface area contributed by atoms with E-state index in [9.17, 15) is 4.79 Å². The minimum Gasteiger partial charge on any atom is -0.488 e. The van der Waals surface area contributed by atoms with E-state index in [1.807, 2.05) is 30.8 Å². The summed E-state index contributed by atoms with van der Waals surface area (Å²) >= 11 is 0. The third kappa shape index (κ3) is 3.63.